The first kappa shape index (κ1) is 35.1. The highest BCUT2D eigenvalue weighted by Crippen LogP contribution is 2.23. The number of nitrogens with two attached hydrogens (primary N) is 1. The van der Waals surface area contributed by atoms with Crippen molar-refractivity contribution in [2.75, 3.05) is 26.8 Å². The van der Waals surface area contributed by atoms with Crippen LogP contribution in [0, 0.1) is 18.6 Å². The standard InChI is InChI=1S/C34H41F2N3O4.ClH/c1-4-23-7-5-8-24(13-23)19-38(20-32(40)31(37)16-25-14-28(35)18-29(36)15-25)33(41)26-11-22(2)12-27(17-26)34(42)39-10-6-9-30(39)21-43-3;/h5,7-8,11-15,17-18,30-32,40H,4,6,9-10,16,19-21,37H2,1-3H3;1H/t30-,31-,32+;/m0./s1. The first-order valence-electron chi connectivity index (χ1n) is 14.7. The average molecular weight is 630 g/mol. The summed E-state index contributed by atoms with van der Waals surface area (Å²) >= 11 is 0. The lowest BCUT2D eigenvalue weighted by atomic mass is 10.00. The van der Waals surface area contributed by atoms with E-state index in [9.17, 15) is 23.5 Å². The molecule has 0 aromatic heterocycles. The minimum Gasteiger partial charge on any atom is -0.390 e. The molecule has 238 valence electrons. The maximum atomic E-state index is 14.1. The molecule has 4 rings (SSSR count). The molecule has 0 spiro atoms. The van der Waals surface area contributed by atoms with Gasteiger partial charge in [-0.15, -0.1) is 12.4 Å². The van der Waals surface area contributed by atoms with Gasteiger partial charge in [0.25, 0.3) is 11.8 Å². The van der Waals surface area contributed by atoms with E-state index in [4.69, 9.17) is 10.5 Å². The van der Waals surface area contributed by atoms with Crippen LogP contribution in [0.4, 0.5) is 8.78 Å². The minimum absolute atomic E-state index is 0. The fourth-order valence-electron chi connectivity index (χ4n) is 5.73. The van der Waals surface area contributed by atoms with E-state index in [2.05, 4.69) is 0 Å². The van der Waals surface area contributed by atoms with Crippen LogP contribution < -0.4 is 5.73 Å². The van der Waals surface area contributed by atoms with Crippen molar-refractivity contribution in [2.45, 2.75) is 64.3 Å². The van der Waals surface area contributed by atoms with E-state index in [0.29, 0.717) is 29.8 Å². The summed E-state index contributed by atoms with van der Waals surface area (Å²) in [6.45, 7) is 5.04. The summed E-state index contributed by atoms with van der Waals surface area (Å²) in [6.07, 6.45) is 1.41. The predicted molar refractivity (Wildman–Crippen MR) is 169 cm³/mol. The molecule has 7 nitrogen and oxygen atoms in total. The number of carbonyl (C=O) groups excluding carboxylic acids is 2. The number of nitrogens with zero attached hydrogens (tertiary/aromatic N) is 2. The molecule has 2 amide bonds. The van der Waals surface area contributed by atoms with Crippen molar-refractivity contribution in [3.05, 3.63) is 106 Å². The summed E-state index contributed by atoms with van der Waals surface area (Å²) < 4.78 is 32.8. The van der Waals surface area contributed by atoms with E-state index in [1.165, 1.54) is 17.0 Å². The summed E-state index contributed by atoms with van der Waals surface area (Å²) in [5.41, 5.74) is 10.1. The van der Waals surface area contributed by atoms with E-state index in [0.717, 1.165) is 42.0 Å². The number of aryl methyl sites for hydroxylation is 2. The third-order valence-electron chi connectivity index (χ3n) is 7.92. The smallest absolute Gasteiger partial charge is 0.254 e. The largest absolute Gasteiger partial charge is 0.390 e. The Morgan fingerprint density at radius 1 is 1.05 bits per heavy atom. The highest BCUT2D eigenvalue weighted by atomic mass is 35.5. The van der Waals surface area contributed by atoms with Gasteiger partial charge in [0.15, 0.2) is 0 Å². The van der Waals surface area contributed by atoms with Gasteiger partial charge in [0.2, 0.25) is 0 Å². The van der Waals surface area contributed by atoms with Crippen LogP contribution in [0.25, 0.3) is 0 Å². The number of methoxy groups -OCH3 is 1. The van der Waals surface area contributed by atoms with E-state index < -0.39 is 23.8 Å². The molecule has 3 N–H and O–H groups in total. The Kier molecular flexibility index (Phi) is 12.8. The number of benzene rings is 3. The second-order valence-corrected chi connectivity index (χ2v) is 11.4. The molecule has 1 heterocycles. The second kappa shape index (κ2) is 16.1. The zero-order valence-electron chi connectivity index (χ0n) is 25.5. The number of hydrogen-bond donors (Lipinski definition) is 2. The number of carbonyl (C=O) groups is 2. The van der Waals surface area contributed by atoms with Gasteiger partial charge in [-0.05, 0) is 85.2 Å². The molecule has 3 aromatic rings. The Bertz CT molecular complexity index is 1420. The highest BCUT2D eigenvalue weighted by molar-refractivity contribution is 6.00. The second-order valence-electron chi connectivity index (χ2n) is 11.4. The zero-order chi connectivity index (χ0) is 31.1. The molecule has 0 unspecified atom stereocenters. The maximum Gasteiger partial charge on any atom is 0.254 e. The van der Waals surface area contributed by atoms with E-state index >= 15 is 0 Å². The van der Waals surface area contributed by atoms with Crippen LogP contribution in [0.5, 0.6) is 0 Å². The Hall–Kier alpha value is -3.37. The fraction of sp³-hybridized carbons (Fsp3) is 0.412. The number of likely N-dealkylation sites (tertiary alicyclic amines) is 1. The molecule has 44 heavy (non-hydrogen) atoms. The van der Waals surface area contributed by atoms with Crippen molar-refractivity contribution in [1.82, 2.24) is 9.80 Å². The van der Waals surface area contributed by atoms with Crippen molar-refractivity contribution in [1.29, 1.82) is 0 Å². The number of ether oxygens (including phenoxy) is 1. The van der Waals surface area contributed by atoms with E-state index in [1.54, 1.807) is 30.2 Å². The molecule has 0 bridgehead atoms. The average Bonchev–Trinajstić information content (AvgIpc) is 3.43. The third kappa shape index (κ3) is 9.08. The van der Waals surface area contributed by atoms with Crippen LogP contribution in [0.2, 0.25) is 0 Å². The van der Waals surface area contributed by atoms with Gasteiger partial charge in [-0.3, -0.25) is 9.59 Å². The Balaban J connectivity index is 0.00000529. The summed E-state index contributed by atoms with van der Waals surface area (Å²) in [5.74, 6) is -1.96. The summed E-state index contributed by atoms with van der Waals surface area (Å²) in [5, 5.41) is 11.1. The van der Waals surface area contributed by atoms with Gasteiger partial charge in [-0.1, -0.05) is 31.2 Å². The number of halogens is 3. The van der Waals surface area contributed by atoms with E-state index in [-0.39, 0.29) is 49.8 Å². The topological polar surface area (TPSA) is 96.1 Å². The predicted octanol–water partition coefficient (Wildman–Crippen LogP) is 5.08. The molecule has 1 saturated heterocycles. The Morgan fingerprint density at radius 3 is 2.41 bits per heavy atom. The summed E-state index contributed by atoms with van der Waals surface area (Å²) in [7, 11) is 1.62. The number of aliphatic hydroxyl groups is 1. The SMILES string of the molecule is CCc1cccc(CN(C[C@@H](O)[C@@H](N)Cc2cc(F)cc(F)c2)C(=O)c2cc(C)cc(C(=O)N3CCC[C@H]3COC)c2)c1.Cl. The molecule has 0 aliphatic carbocycles. The number of aliphatic hydroxyl groups excluding tert-OH is 1. The minimum atomic E-state index is -1.19. The molecule has 1 fully saturated rings. The van der Waals surface area contributed by atoms with Gasteiger partial charge in [0.05, 0.1) is 18.8 Å². The Morgan fingerprint density at radius 2 is 1.73 bits per heavy atom. The zero-order valence-corrected chi connectivity index (χ0v) is 26.3. The van der Waals surface area contributed by atoms with Crippen LogP contribution in [0.15, 0.2) is 60.7 Å². The van der Waals surface area contributed by atoms with Crippen LogP contribution >= 0.6 is 12.4 Å². The normalized spacial score (nSPS) is 15.9. The van der Waals surface area contributed by atoms with Crippen molar-refractivity contribution in [2.24, 2.45) is 5.73 Å². The molecular weight excluding hydrogens is 588 g/mol. The first-order valence-corrected chi connectivity index (χ1v) is 14.7. The van der Waals surface area contributed by atoms with Crippen molar-refractivity contribution >= 4 is 24.2 Å². The molecule has 0 radical (unpaired) electrons. The Labute approximate surface area is 264 Å². The van der Waals surface area contributed by atoms with Gasteiger partial charge in [0.1, 0.15) is 11.6 Å². The van der Waals surface area contributed by atoms with Crippen LogP contribution in [-0.2, 0) is 24.1 Å². The molecule has 3 aromatic carbocycles. The van der Waals surface area contributed by atoms with Crippen LogP contribution in [-0.4, -0.2) is 71.7 Å². The maximum absolute atomic E-state index is 14.1. The summed E-state index contributed by atoms with van der Waals surface area (Å²) in [4.78, 5) is 30.9. The van der Waals surface area contributed by atoms with Gasteiger partial charge in [0, 0.05) is 50.0 Å². The van der Waals surface area contributed by atoms with Gasteiger partial charge < -0.3 is 25.4 Å². The summed E-state index contributed by atoms with van der Waals surface area (Å²) in [6, 6.07) is 15.2. The quantitative estimate of drug-likeness (QED) is 0.291. The third-order valence-corrected chi connectivity index (χ3v) is 7.92. The van der Waals surface area contributed by atoms with Crippen LogP contribution in [0.3, 0.4) is 0 Å². The number of amides is 2. The molecule has 10 heteroatoms. The first-order chi connectivity index (χ1) is 20.6. The molecule has 3 atom stereocenters. The molecular formula is C34H42ClF2N3O4. The molecule has 1 aliphatic heterocycles. The van der Waals surface area contributed by atoms with Gasteiger partial charge in [-0.2, -0.15) is 0 Å². The van der Waals surface area contributed by atoms with Gasteiger partial charge >= 0.3 is 0 Å². The molecule has 1 aliphatic rings. The lowest BCUT2D eigenvalue weighted by Crippen LogP contribution is -2.46. The lowest BCUT2D eigenvalue weighted by molar-refractivity contribution is 0.0554. The van der Waals surface area contributed by atoms with Crippen molar-refractivity contribution in [3.8, 4) is 0 Å². The van der Waals surface area contributed by atoms with Crippen LogP contribution in [0.1, 0.15) is 62.7 Å². The van der Waals surface area contributed by atoms with Gasteiger partial charge in [-0.25, -0.2) is 8.78 Å². The van der Waals surface area contributed by atoms with E-state index in [1.807, 2.05) is 38.1 Å². The van der Waals surface area contributed by atoms with Crippen molar-refractivity contribution < 1.29 is 28.2 Å². The fourth-order valence-corrected chi connectivity index (χ4v) is 5.73. The monoisotopic (exact) mass is 629 g/mol. The number of hydrogen-bond acceptors (Lipinski definition) is 5. The number of rotatable bonds is 12. The molecule has 0 saturated carbocycles. The highest BCUT2D eigenvalue weighted by Gasteiger charge is 2.30. The van der Waals surface area contributed by atoms with Crippen molar-refractivity contribution in [3.63, 3.8) is 0 Å². The lowest BCUT2D eigenvalue weighted by Gasteiger charge is -2.29.